The fraction of sp³-hybridized carbons (Fsp3) is 0.154. The second-order valence-electron chi connectivity index (χ2n) is 4.32. The summed E-state index contributed by atoms with van der Waals surface area (Å²) in [5.74, 6) is -1.88. The molecule has 0 aliphatic heterocycles. The van der Waals surface area contributed by atoms with E-state index in [1.807, 2.05) is 0 Å². The van der Waals surface area contributed by atoms with Gasteiger partial charge in [-0.25, -0.2) is 9.18 Å². The van der Waals surface area contributed by atoms with E-state index in [1.54, 1.807) is 13.8 Å². The van der Waals surface area contributed by atoms with Crippen molar-refractivity contribution in [2.75, 3.05) is 0 Å². The Labute approximate surface area is 113 Å². The molecule has 2 rings (SSSR count). The number of carboxylic acids is 1. The van der Waals surface area contributed by atoms with Crippen molar-refractivity contribution in [1.29, 1.82) is 0 Å². The number of rotatable bonds is 3. The Morgan fingerprint density at radius 3 is 2.45 bits per heavy atom. The van der Waals surface area contributed by atoms with E-state index in [-0.39, 0.29) is 16.9 Å². The van der Waals surface area contributed by atoms with Crippen molar-refractivity contribution < 1.29 is 19.2 Å². The van der Waals surface area contributed by atoms with E-state index in [1.165, 1.54) is 22.8 Å². The summed E-state index contributed by atoms with van der Waals surface area (Å²) in [7, 11) is 0. The van der Waals surface area contributed by atoms with Gasteiger partial charge in [0.25, 0.3) is 5.69 Å². The molecular weight excluding hydrogens is 267 g/mol. The minimum Gasteiger partial charge on any atom is -0.478 e. The Balaban J connectivity index is 2.63. The predicted molar refractivity (Wildman–Crippen MR) is 68.8 cm³/mol. The van der Waals surface area contributed by atoms with Crippen LogP contribution in [0.25, 0.3) is 5.69 Å². The van der Waals surface area contributed by atoms with Crippen molar-refractivity contribution in [1.82, 2.24) is 4.57 Å². The lowest BCUT2D eigenvalue weighted by Gasteiger charge is -2.10. The quantitative estimate of drug-likeness (QED) is 0.691. The van der Waals surface area contributed by atoms with Crippen molar-refractivity contribution in [3.63, 3.8) is 0 Å². The molecule has 1 N–H and O–H groups in total. The third kappa shape index (κ3) is 2.13. The molecule has 0 fully saturated rings. The molecule has 0 saturated carbocycles. The molecule has 7 heteroatoms. The summed E-state index contributed by atoms with van der Waals surface area (Å²) in [6.07, 6.45) is 0. The second kappa shape index (κ2) is 4.76. The third-order valence-electron chi connectivity index (χ3n) is 3.04. The normalized spacial score (nSPS) is 10.6. The molecule has 104 valence electrons. The molecule has 1 aromatic carbocycles. The lowest BCUT2D eigenvalue weighted by molar-refractivity contribution is -0.385. The van der Waals surface area contributed by atoms with E-state index in [0.717, 1.165) is 6.07 Å². The number of nitrogens with zero attached hydrogens (tertiary/aromatic N) is 2. The molecule has 0 unspecified atom stereocenters. The average Bonchev–Trinajstić information content (AvgIpc) is 2.65. The van der Waals surface area contributed by atoms with Crippen molar-refractivity contribution in [2.45, 2.75) is 13.8 Å². The minimum atomic E-state index is -1.10. The summed E-state index contributed by atoms with van der Waals surface area (Å²) in [5, 5.41) is 19.6. The number of non-ortho nitro benzene ring substituents is 1. The predicted octanol–water partition coefficient (Wildman–Crippen LogP) is 2.84. The largest absolute Gasteiger partial charge is 0.478 e. The van der Waals surface area contributed by atoms with E-state index in [0.29, 0.717) is 11.4 Å². The fourth-order valence-corrected chi connectivity index (χ4v) is 2.14. The highest BCUT2D eigenvalue weighted by Crippen LogP contribution is 2.25. The van der Waals surface area contributed by atoms with Gasteiger partial charge in [0.1, 0.15) is 0 Å². The third-order valence-corrected chi connectivity index (χ3v) is 3.04. The van der Waals surface area contributed by atoms with E-state index in [4.69, 9.17) is 5.11 Å². The van der Waals surface area contributed by atoms with Crippen LogP contribution >= 0.6 is 0 Å². The van der Waals surface area contributed by atoms with Crippen molar-refractivity contribution in [2.24, 2.45) is 0 Å². The van der Waals surface area contributed by atoms with Crippen LogP contribution in [0.2, 0.25) is 0 Å². The van der Waals surface area contributed by atoms with Crippen LogP contribution in [0.5, 0.6) is 0 Å². The van der Waals surface area contributed by atoms with Gasteiger partial charge >= 0.3 is 5.97 Å². The van der Waals surface area contributed by atoms with E-state index in [9.17, 15) is 19.3 Å². The number of carbonyl (C=O) groups is 1. The van der Waals surface area contributed by atoms with Gasteiger partial charge < -0.3 is 9.67 Å². The molecule has 1 heterocycles. The van der Waals surface area contributed by atoms with Gasteiger partial charge in [-0.05, 0) is 26.0 Å². The summed E-state index contributed by atoms with van der Waals surface area (Å²) in [4.78, 5) is 20.9. The van der Waals surface area contributed by atoms with Gasteiger partial charge in [-0.2, -0.15) is 0 Å². The molecule has 0 spiro atoms. The number of carboxylic acid groups (broad SMARTS) is 1. The maximum absolute atomic E-state index is 14.0. The smallest absolute Gasteiger partial charge is 0.337 e. The Morgan fingerprint density at radius 2 is 2.00 bits per heavy atom. The minimum absolute atomic E-state index is 0.0697. The van der Waals surface area contributed by atoms with Gasteiger partial charge in [-0.15, -0.1) is 0 Å². The zero-order chi connectivity index (χ0) is 15.0. The highest BCUT2D eigenvalue weighted by atomic mass is 19.1. The van der Waals surface area contributed by atoms with Crippen LogP contribution in [0.1, 0.15) is 21.7 Å². The standard InChI is InChI=1S/C13H11FN2O4/c1-7-5-10(13(17)18)8(2)15(7)12-4-3-9(16(19)20)6-11(12)14/h3-6H,1-2H3,(H,17,18). The Hall–Kier alpha value is -2.70. The van der Waals surface area contributed by atoms with Crippen LogP contribution in [0.4, 0.5) is 10.1 Å². The van der Waals surface area contributed by atoms with Gasteiger partial charge in [0, 0.05) is 17.5 Å². The number of nitro groups is 1. The Morgan fingerprint density at radius 1 is 1.35 bits per heavy atom. The lowest BCUT2D eigenvalue weighted by atomic mass is 10.2. The van der Waals surface area contributed by atoms with Gasteiger partial charge in [0.15, 0.2) is 5.82 Å². The highest BCUT2D eigenvalue weighted by Gasteiger charge is 2.19. The van der Waals surface area contributed by atoms with Crippen LogP contribution in [0, 0.1) is 29.8 Å². The molecule has 0 atom stereocenters. The second-order valence-corrected chi connectivity index (χ2v) is 4.32. The molecule has 0 aliphatic carbocycles. The summed E-state index contributed by atoms with van der Waals surface area (Å²) < 4.78 is 15.4. The van der Waals surface area contributed by atoms with Crippen LogP contribution in [0.3, 0.4) is 0 Å². The number of aromatic carboxylic acids is 1. The van der Waals surface area contributed by atoms with Gasteiger partial charge in [-0.1, -0.05) is 0 Å². The number of aryl methyl sites for hydroxylation is 1. The number of hydrogen-bond donors (Lipinski definition) is 1. The molecule has 1 aromatic heterocycles. The van der Waals surface area contributed by atoms with Crippen molar-refractivity contribution >= 4 is 11.7 Å². The highest BCUT2D eigenvalue weighted by molar-refractivity contribution is 5.89. The number of aromatic nitrogens is 1. The number of nitro benzene ring substituents is 1. The molecule has 0 radical (unpaired) electrons. The molecule has 0 saturated heterocycles. The SMILES string of the molecule is Cc1cc(C(=O)O)c(C)n1-c1ccc([N+](=O)[O-])cc1F. The molecule has 20 heavy (non-hydrogen) atoms. The molecule has 6 nitrogen and oxygen atoms in total. The first-order valence-corrected chi connectivity index (χ1v) is 5.69. The average molecular weight is 278 g/mol. The zero-order valence-corrected chi connectivity index (χ0v) is 10.8. The van der Waals surface area contributed by atoms with E-state index < -0.39 is 16.7 Å². The summed E-state index contributed by atoms with van der Waals surface area (Å²) >= 11 is 0. The molecular formula is C13H11FN2O4. The monoisotopic (exact) mass is 278 g/mol. The van der Waals surface area contributed by atoms with Crippen LogP contribution in [-0.4, -0.2) is 20.6 Å². The Kier molecular flexibility index (Phi) is 3.27. The molecule has 0 aliphatic rings. The van der Waals surface area contributed by atoms with E-state index >= 15 is 0 Å². The van der Waals surface area contributed by atoms with Crippen molar-refractivity contribution in [3.05, 3.63) is 57.1 Å². The van der Waals surface area contributed by atoms with Gasteiger partial charge in [0.05, 0.1) is 22.2 Å². The first kappa shape index (κ1) is 13.7. The summed E-state index contributed by atoms with van der Waals surface area (Å²) in [6.45, 7) is 3.19. The lowest BCUT2D eigenvalue weighted by Crippen LogP contribution is -2.05. The first-order chi connectivity index (χ1) is 9.32. The molecule has 0 amide bonds. The number of hydrogen-bond acceptors (Lipinski definition) is 3. The maximum Gasteiger partial charge on any atom is 0.337 e. The number of halogens is 1. The van der Waals surface area contributed by atoms with Gasteiger partial charge in [0.2, 0.25) is 0 Å². The molecule has 0 bridgehead atoms. The van der Waals surface area contributed by atoms with Crippen LogP contribution in [0.15, 0.2) is 24.3 Å². The number of benzene rings is 1. The van der Waals surface area contributed by atoms with Crippen LogP contribution in [-0.2, 0) is 0 Å². The maximum atomic E-state index is 14.0. The Bertz CT molecular complexity index is 721. The summed E-state index contributed by atoms with van der Waals surface area (Å²) in [6, 6.07) is 4.68. The fourth-order valence-electron chi connectivity index (χ4n) is 2.14. The van der Waals surface area contributed by atoms with Crippen LogP contribution < -0.4 is 0 Å². The first-order valence-electron chi connectivity index (χ1n) is 5.69. The topological polar surface area (TPSA) is 85.4 Å². The zero-order valence-electron chi connectivity index (χ0n) is 10.8. The van der Waals surface area contributed by atoms with Crippen molar-refractivity contribution in [3.8, 4) is 5.69 Å². The van der Waals surface area contributed by atoms with E-state index in [2.05, 4.69) is 0 Å². The summed E-state index contributed by atoms with van der Waals surface area (Å²) in [5.41, 5.74) is 0.695. The van der Waals surface area contributed by atoms with Gasteiger partial charge in [-0.3, -0.25) is 10.1 Å². The molecule has 2 aromatic rings.